The first kappa shape index (κ1) is 21.2. The second-order valence-electron chi connectivity index (χ2n) is 7.31. The van der Waals surface area contributed by atoms with Crippen molar-refractivity contribution < 1.29 is 17.5 Å². The summed E-state index contributed by atoms with van der Waals surface area (Å²) in [4.78, 5) is 8.78. The molecule has 2 aromatic heterocycles. The summed E-state index contributed by atoms with van der Waals surface area (Å²) in [6, 6.07) is 13.2. The van der Waals surface area contributed by atoms with Crippen molar-refractivity contribution >= 4 is 21.5 Å². The maximum atomic E-state index is 13.0. The van der Waals surface area contributed by atoms with Gasteiger partial charge in [-0.3, -0.25) is 4.98 Å². The molecule has 0 radical (unpaired) electrons. The van der Waals surface area contributed by atoms with E-state index in [1.54, 1.807) is 43.6 Å². The van der Waals surface area contributed by atoms with Crippen LogP contribution in [0.2, 0.25) is 0 Å². The minimum absolute atomic E-state index is 0.195. The second-order valence-corrected chi connectivity index (χ2v) is 9.25. The van der Waals surface area contributed by atoms with Gasteiger partial charge in [-0.25, -0.2) is 17.8 Å². The monoisotopic (exact) mass is 442 g/mol. The Balaban J connectivity index is 1.37. The lowest BCUT2D eigenvalue weighted by Gasteiger charge is -2.31. The van der Waals surface area contributed by atoms with E-state index in [1.807, 2.05) is 12.1 Å². The number of piperidine rings is 1. The first-order chi connectivity index (χ1) is 15.0. The molecule has 0 aliphatic carbocycles. The van der Waals surface area contributed by atoms with Crippen LogP contribution in [-0.4, -0.2) is 42.9 Å². The normalized spacial score (nSPS) is 15.5. The zero-order chi connectivity index (χ0) is 21.8. The van der Waals surface area contributed by atoms with Gasteiger partial charge >= 0.3 is 0 Å². The minimum Gasteiger partial charge on any atom is -0.497 e. The predicted molar refractivity (Wildman–Crippen MR) is 115 cm³/mol. The van der Waals surface area contributed by atoms with Gasteiger partial charge in [0.05, 0.1) is 30.1 Å². The van der Waals surface area contributed by atoms with Gasteiger partial charge in [-0.1, -0.05) is 0 Å². The Morgan fingerprint density at radius 2 is 1.74 bits per heavy atom. The van der Waals surface area contributed by atoms with Crippen LogP contribution in [0.25, 0.3) is 0 Å². The molecule has 3 heterocycles. The van der Waals surface area contributed by atoms with E-state index in [2.05, 4.69) is 15.3 Å². The standard InChI is InChI=1S/C22H23FN4O3S/c1-30-19-4-6-20(7-5-19)31(28,29)27-12-10-16(11-13-27)21-8-3-18(15-24-21)26-22-9-2-17(23)14-25-22/h2-9,14-16H,10-13H2,1H3,(H,25,26). The molecule has 1 N–H and O–H groups in total. The molecule has 0 amide bonds. The topological polar surface area (TPSA) is 84.4 Å². The van der Waals surface area contributed by atoms with Crippen LogP contribution in [0.5, 0.6) is 5.75 Å². The van der Waals surface area contributed by atoms with Gasteiger partial charge in [-0.2, -0.15) is 4.31 Å². The third kappa shape index (κ3) is 4.83. The van der Waals surface area contributed by atoms with Gasteiger partial charge in [0.1, 0.15) is 17.4 Å². The number of methoxy groups -OCH3 is 1. The number of anilines is 2. The molecule has 0 atom stereocenters. The van der Waals surface area contributed by atoms with Crippen LogP contribution >= 0.6 is 0 Å². The molecule has 0 bridgehead atoms. The van der Waals surface area contributed by atoms with Gasteiger partial charge in [-0.15, -0.1) is 0 Å². The van der Waals surface area contributed by atoms with Crippen molar-refractivity contribution in [2.75, 3.05) is 25.5 Å². The lowest BCUT2D eigenvalue weighted by Crippen LogP contribution is -2.38. The number of sulfonamides is 1. The van der Waals surface area contributed by atoms with E-state index in [-0.39, 0.29) is 16.6 Å². The molecule has 3 aromatic rings. The summed E-state index contributed by atoms with van der Waals surface area (Å²) >= 11 is 0. The molecule has 0 unspecified atom stereocenters. The van der Waals surface area contributed by atoms with Crippen molar-refractivity contribution in [3.8, 4) is 5.75 Å². The highest BCUT2D eigenvalue weighted by Gasteiger charge is 2.30. The third-order valence-electron chi connectivity index (χ3n) is 5.36. The maximum Gasteiger partial charge on any atom is 0.243 e. The lowest BCUT2D eigenvalue weighted by atomic mass is 9.94. The molecule has 4 rings (SSSR count). The van der Waals surface area contributed by atoms with Crippen LogP contribution in [0.1, 0.15) is 24.5 Å². The number of ether oxygens (including phenoxy) is 1. The van der Waals surface area contributed by atoms with E-state index in [1.165, 1.54) is 10.4 Å². The van der Waals surface area contributed by atoms with Crippen molar-refractivity contribution in [1.29, 1.82) is 0 Å². The Labute approximate surface area is 181 Å². The van der Waals surface area contributed by atoms with Gasteiger partial charge in [0.2, 0.25) is 10.0 Å². The van der Waals surface area contributed by atoms with E-state index in [0.29, 0.717) is 37.5 Å². The Hall–Kier alpha value is -3.04. The highest BCUT2D eigenvalue weighted by atomic mass is 32.2. The minimum atomic E-state index is -3.52. The predicted octanol–water partition coefficient (Wildman–Crippen LogP) is 3.94. The number of pyridine rings is 2. The van der Waals surface area contributed by atoms with Crippen molar-refractivity contribution in [1.82, 2.24) is 14.3 Å². The van der Waals surface area contributed by atoms with E-state index in [4.69, 9.17) is 4.74 Å². The maximum absolute atomic E-state index is 13.0. The van der Waals surface area contributed by atoms with Gasteiger partial charge < -0.3 is 10.1 Å². The highest BCUT2D eigenvalue weighted by molar-refractivity contribution is 7.89. The highest BCUT2D eigenvalue weighted by Crippen LogP contribution is 2.30. The fourth-order valence-electron chi connectivity index (χ4n) is 3.61. The van der Waals surface area contributed by atoms with Gasteiger partial charge in [0.25, 0.3) is 0 Å². The number of hydrogen-bond acceptors (Lipinski definition) is 6. The van der Waals surface area contributed by atoms with E-state index in [0.717, 1.165) is 17.6 Å². The number of rotatable bonds is 6. The number of aromatic nitrogens is 2. The molecular formula is C22H23FN4O3S. The number of halogens is 1. The molecule has 0 saturated carbocycles. The summed E-state index contributed by atoms with van der Waals surface area (Å²) in [7, 11) is -1.98. The third-order valence-corrected chi connectivity index (χ3v) is 7.27. The molecule has 31 heavy (non-hydrogen) atoms. The number of benzene rings is 1. The summed E-state index contributed by atoms with van der Waals surface area (Å²) in [6.45, 7) is 0.889. The largest absolute Gasteiger partial charge is 0.497 e. The van der Waals surface area contributed by atoms with Crippen LogP contribution in [-0.2, 0) is 10.0 Å². The van der Waals surface area contributed by atoms with Gasteiger partial charge in [0.15, 0.2) is 0 Å². The molecule has 9 heteroatoms. The van der Waals surface area contributed by atoms with Gasteiger partial charge in [0, 0.05) is 24.7 Å². The first-order valence-corrected chi connectivity index (χ1v) is 11.4. The number of nitrogens with zero attached hydrogens (tertiary/aromatic N) is 3. The summed E-state index contributed by atoms with van der Waals surface area (Å²) in [5.74, 6) is 0.963. The summed E-state index contributed by atoms with van der Waals surface area (Å²) < 4.78 is 45.4. The van der Waals surface area contributed by atoms with Crippen molar-refractivity contribution in [2.45, 2.75) is 23.7 Å². The molecule has 1 saturated heterocycles. The molecule has 1 fully saturated rings. The fraction of sp³-hybridized carbons (Fsp3) is 0.273. The van der Waals surface area contributed by atoms with Crippen molar-refractivity contribution in [3.05, 3.63) is 72.4 Å². The van der Waals surface area contributed by atoms with E-state index >= 15 is 0 Å². The molecule has 1 aliphatic heterocycles. The van der Waals surface area contributed by atoms with Crippen molar-refractivity contribution in [3.63, 3.8) is 0 Å². The van der Waals surface area contributed by atoms with Crippen LogP contribution in [0.4, 0.5) is 15.9 Å². The number of nitrogens with one attached hydrogen (secondary N) is 1. The molecule has 162 valence electrons. The Morgan fingerprint density at radius 3 is 2.32 bits per heavy atom. The Kier molecular flexibility index (Phi) is 6.15. The summed E-state index contributed by atoms with van der Waals surface area (Å²) in [6.07, 6.45) is 4.27. The van der Waals surface area contributed by atoms with Crippen LogP contribution in [0, 0.1) is 5.82 Å². The first-order valence-electron chi connectivity index (χ1n) is 9.94. The molecule has 7 nitrogen and oxygen atoms in total. The van der Waals surface area contributed by atoms with Gasteiger partial charge in [-0.05, 0) is 61.4 Å². The SMILES string of the molecule is COc1ccc(S(=O)(=O)N2CCC(c3ccc(Nc4ccc(F)cn4)cn3)CC2)cc1. The second kappa shape index (κ2) is 8.99. The van der Waals surface area contributed by atoms with E-state index in [9.17, 15) is 12.8 Å². The molecule has 1 aliphatic rings. The Bertz CT molecular complexity index is 1110. The lowest BCUT2D eigenvalue weighted by molar-refractivity contribution is 0.316. The average molecular weight is 443 g/mol. The average Bonchev–Trinajstić information content (AvgIpc) is 2.81. The summed E-state index contributed by atoms with van der Waals surface area (Å²) in [5, 5.41) is 3.08. The fourth-order valence-corrected chi connectivity index (χ4v) is 5.08. The van der Waals surface area contributed by atoms with Crippen molar-refractivity contribution in [2.24, 2.45) is 0 Å². The molecular weight excluding hydrogens is 419 g/mol. The molecule has 0 spiro atoms. The quantitative estimate of drug-likeness (QED) is 0.623. The Morgan fingerprint density at radius 1 is 1.00 bits per heavy atom. The summed E-state index contributed by atoms with van der Waals surface area (Å²) in [5.41, 5.74) is 1.68. The zero-order valence-corrected chi connectivity index (χ0v) is 17.8. The zero-order valence-electron chi connectivity index (χ0n) is 17.0. The van der Waals surface area contributed by atoms with Crippen LogP contribution in [0.3, 0.4) is 0 Å². The molecule has 1 aromatic carbocycles. The number of hydrogen-bond donors (Lipinski definition) is 1. The van der Waals surface area contributed by atoms with Crippen LogP contribution < -0.4 is 10.1 Å². The van der Waals surface area contributed by atoms with Crippen LogP contribution in [0.15, 0.2) is 65.8 Å². The smallest absolute Gasteiger partial charge is 0.243 e. The van der Waals surface area contributed by atoms with E-state index < -0.39 is 10.0 Å².